The van der Waals surface area contributed by atoms with Crippen LogP contribution >= 0.6 is 0 Å². The zero-order chi connectivity index (χ0) is 22.2. The fourth-order valence-corrected chi connectivity index (χ4v) is 5.03. The molecule has 9 heteroatoms. The number of hydrogen-bond donors (Lipinski definition) is 1. The Morgan fingerprint density at radius 3 is 2.61 bits per heavy atom. The Balaban J connectivity index is 1.35. The van der Waals surface area contributed by atoms with E-state index in [0.717, 1.165) is 23.6 Å². The molecule has 2 aromatic rings. The Morgan fingerprint density at radius 1 is 1.23 bits per heavy atom. The summed E-state index contributed by atoms with van der Waals surface area (Å²) in [5.41, 5.74) is 1.61. The van der Waals surface area contributed by atoms with E-state index < -0.39 is 21.1 Å². The first-order chi connectivity index (χ1) is 14.7. The highest BCUT2D eigenvalue weighted by Gasteiger charge is 2.48. The Hall–Kier alpha value is -2.96. The lowest BCUT2D eigenvalue weighted by atomic mass is 9.73. The van der Waals surface area contributed by atoms with Gasteiger partial charge in [-0.15, -0.1) is 0 Å². The van der Waals surface area contributed by atoms with Gasteiger partial charge >= 0.3 is 0 Å². The van der Waals surface area contributed by atoms with Gasteiger partial charge in [0, 0.05) is 24.6 Å². The molecule has 1 saturated heterocycles. The zero-order valence-corrected chi connectivity index (χ0v) is 17.8. The van der Waals surface area contributed by atoms with E-state index in [1.165, 1.54) is 12.1 Å². The molecule has 162 valence electrons. The lowest BCUT2D eigenvalue weighted by Gasteiger charge is -2.37. The first-order valence-electron chi connectivity index (χ1n) is 9.94. The van der Waals surface area contributed by atoms with Crippen LogP contribution in [-0.2, 0) is 20.0 Å². The summed E-state index contributed by atoms with van der Waals surface area (Å²) >= 11 is 0. The molecule has 0 aliphatic carbocycles. The normalized spacial score (nSPS) is 17.8. The van der Waals surface area contributed by atoms with E-state index in [2.05, 4.69) is 16.3 Å². The molecule has 0 atom stereocenters. The number of ether oxygens (including phenoxy) is 1. The van der Waals surface area contributed by atoms with Crippen molar-refractivity contribution >= 4 is 21.4 Å². The average molecular weight is 444 g/mol. The number of fused-ring (bicyclic) bond motifs is 2. The standard InChI is InChI=1S/C22H22FN3O4S/c1-31(28,29)20-5-3-16(13-18(20)23)30-11-10-26-8-6-22(7-9-26)17-12-15(14-24)2-4-19(17)25-21(22)27/h2-5,12-13H,6-11H2,1H3,(H,25,27). The smallest absolute Gasteiger partial charge is 0.235 e. The number of carbonyl (C=O) groups is 1. The second-order valence-corrected chi connectivity index (χ2v) is 9.95. The molecule has 0 saturated carbocycles. The fraction of sp³-hybridized carbons (Fsp3) is 0.364. The van der Waals surface area contributed by atoms with Gasteiger partial charge in [0.05, 0.1) is 17.0 Å². The summed E-state index contributed by atoms with van der Waals surface area (Å²) in [6, 6.07) is 11.2. The van der Waals surface area contributed by atoms with Gasteiger partial charge in [0.1, 0.15) is 23.1 Å². The zero-order valence-electron chi connectivity index (χ0n) is 17.0. The maximum atomic E-state index is 14.0. The van der Waals surface area contributed by atoms with Crippen molar-refractivity contribution < 1.29 is 22.3 Å². The summed E-state index contributed by atoms with van der Waals surface area (Å²) in [6.07, 6.45) is 2.23. The molecule has 7 nitrogen and oxygen atoms in total. The van der Waals surface area contributed by atoms with Gasteiger partial charge in [0.25, 0.3) is 0 Å². The molecule has 0 radical (unpaired) electrons. The van der Waals surface area contributed by atoms with Crippen molar-refractivity contribution in [2.45, 2.75) is 23.2 Å². The summed E-state index contributed by atoms with van der Waals surface area (Å²) in [6.45, 7) is 2.28. The summed E-state index contributed by atoms with van der Waals surface area (Å²) in [7, 11) is -3.62. The van der Waals surface area contributed by atoms with Crippen molar-refractivity contribution in [2.75, 3.05) is 37.8 Å². The molecule has 0 unspecified atom stereocenters. The summed E-state index contributed by atoms with van der Waals surface area (Å²) in [5.74, 6) is -0.580. The van der Waals surface area contributed by atoms with Crippen molar-refractivity contribution in [3.05, 3.63) is 53.3 Å². The predicted molar refractivity (Wildman–Crippen MR) is 112 cm³/mol. The van der Waals surface area contributed by atoms with E-state index >= 15 is 0 Å². The molecule has 4 rings (SSSR count). The molecule has 1 amide bonds. The van der Waals surface area contributed by atoms with Crippen LogP contribution in [0.25, 0.3) is 0 Å². The average Bonchev–Trinajstić information content (AvgIpc) is 2.99. The maximum Gasteiger partial charge on any atom is 0.235 e. The number of benzene rings is 2. The molecule has 31 heavy (non-hydrogen) atoms. The van der Waals surface area contributed by atoms with E-state index in [9.17, 15) is 22.9 Å². The number of nitriles is 1. The number of halogens is 1. The van der Waals surface area contributed by atoms with Crippen LogP contribution in [0.3, 0.4) is 0 Å². The lowest BCUT2D eigenvalue weighted by Crippen LogP contribution is -2.47. The molecule has 2 heterocycles. The summed E-state index contributed by atoms with van der Waals surface area (Å²) < 4.78 is 42.6. The minimum atomic E-state index is -3.62. The van der Waals surface area contributed by atoms with Crippen LogP contribution in [0.4, 0.5) is 10.1 Å². The molecule has 1 fully saturated rings. The van der Waals surface area contributed by atoms with Crippen LogP contribution in [0.5, 0.6) is 5.75 Å². The third kappa shape index (κ3) is 4.01. The van der Waals surface area contributed by atoms with Gasteiger partial charge in [-0.1, -0.05) is 0 Å². The SMILES string of the molecule is CS(=O)(=O)c1ccc(OCCN2CCC3(CC2)C(=O)Nc2ccc(C#N)cc23)cc1F. The Morgan fingerprint density at radius 2 is 1.97 bits per heavy atom. The molecule has 0 bridgehead atoms. The maximum absolute atomic E-state index is 14.0. The van der Waals surface area contributed by atoms with Crippen LogP contribution in [0, 0.1) is 17.1 Å². The molecule has 0 aromatic heterocycles. The number of nitrogens with one attached hydrogen (secondary N) is 1. The minimum Gasteiger partial charge on any atom is -0.492 e. The molecule has 2 aromatic carbocycles. The van der Waals surface area contributed by atoms with E-state index in [1.54, 1.807) is 18.2 Å². The number of sulfone groups is 1. The van der Waals surface area contributed by atoms with E-state index in [1.807, 2.05) is 0 Å². The third-order valence-electron chi connectivity index (χ3n) is 6.04. The molecular weight excluding hydrogens is 421 g/mol. The number of nitrogens with zero attached hydrogens (tertiary/aromatic N) is 2. The number of carbonyl (C=O) groups excluding carboxylic acids is 1. The van der Waals surface area contributed by atoms with Crippen molar-refractivity contribution in [1.29, 1.82) is 5.26 Å². The number of anilines is 1. The molecular formula is C22H22FN3O4S. The van der Waals surface area contributed by atoms with Gasteiger partial charge in [-0.05, 0) is 61.8 Å². The Kier molecular flexibility index (Phi) is 5.45. The van der Waals surface area contributed by atoms with Crippen LogP contribution in [0.2, 0.25) is 0 Å². The van der Waals surface area contributed by atoms with Crippen LogP contribution in [0.1, 0.15) is 24.0 Å². The highest BCUT2D eigenvalue weighted by Crippen LogP contribution is 2.45. The minimum absolute atomic E-state index is 0.0186. The van der Waals surface area contributed by atoms with Crippen LogP contribution in [0.15, 0.2) is 41.3 Å². The highest BCUT2D eigenvalue weighted by atomic mass is 32.2. The highest BCUT2D eigenvalue weighted by molar-refractivity contribution is 7.90. The number of rotatable bonds is 5. The van der Waals surface area contributed by atoms with Crippen molar-refractivity contribution in [2.24, 2.45) is 0 Å². The Labute approximate surface area is 180 Å². The van der Waals surface area contributed by atoms with Crippen molar-refractivity contribution in [1.82, 2.24) is 4.90 Å². The quantitative estimate of drug-likeness (QED) is 0.762. The summed E-state index contributed by atoms with van der Waals surface area (Å²) in [4.78, 5) is 14.5. The molecule has 2 aliphatic heterocycles. The largest absolute Gasteiger partial charge is 0.492 e. The monoisotopic (exact) mass is 443 g/mol. The van der Waals surface area contributed by atoms with Gasteiger partial charge < -0.3 is 10.1 Å². The van der Waals surface area contributed by atoms with Gasteiger partial charge in [-0.2, -0.15) is 5.26 Å². The number of piperidine rings is 1. The van der Waals surface area contributed by atoms with Gasteiger partial charge in [-0.3, -0.25) is 9.69 Å². The molecule has 1 spiro atoms. The van der Waals surface area contributed by atoms with Crippen LogP contribution < -0.4 is 10.1 Å². The Bertz CT molecular complexity index is 1180. The second-order valence-electron chi connectivity index (χ2n) is 7.96. The molecule has 2 aliphatic rings. The van der Waals surface area contributed by atoms with E-state index in [-0.39, 0.29) is 16.6 Å². The second kappa shape index (κ2) is 7.94. The third-order valence-corrected chi connectivity index (χ3v) is 7.17. The first-order valence-corrected chi connectivity index (χ1v) is 11.8. The van der Waals surface area contributed by atoms with Gasteiger partial charge in [0.15, 0.2) is 9.84 Å². The van der Waals surface area contributed by atoms with Crippen LogP contribution in [-0.4, -0.2) is 51.7 Å². The van der Waals surface area contributed by atoms with Gasteiger partial charge in [-0.25, -0.2) is 12.8 Å². The molecule has 1 N–H and O–H groups in total. The fourth-order valence-electron chi connectivity index (χ4n) is 4.30. The predicted octanol–water partition coefficient (Wildman–Crippen LogP) is 2.47. The topological polar surface area (TPSA) is 99.5 Å². The number of likely N-dealkylation sites (tertiary alicyclic amines) is 1. The lowest BCUT2D eigenvalue weighted by molar-refractivity contribution is -0.122. The summed E-state index contributed by atoms with van der Waals surface area (Å²) in [5, 5.41) is 12.1. The number of amides is 1. The van der Waals surface area contributed by atoms with E-state index in [4.69, 9.17) is 4.74 Å². The first kappa shape index (κ1) is 21.3. The number of hydrogen-bond acceptors (Lipinski definition) is 6. The van der Waals surface area contributed by atoms with Crippen molar-refractivity contribution in [3.63, 3.8) is 0 Å². The van der Waals surface area contributed by atoms with E-state index in [0.29, 0.717) is 44.6 Å². The van der Waals surface area contributed by atoms with Gasteiger partial charge in [0.2, 0.25) is 5.91 Å². The van der Waals surface area contributed by atoms with Crippen molar-refractivity contribution in [3.8, 4) is 11.8 Å².